The van der Waals surface area contributed by atoms with E-state index in [1.807, 2.05) is 36.7 Å². The normalized spacial score (nSPS) is 12.4. The van der Waals surface area contributed by atoms with Crippen molar-refractivity contribution in [2.45, 2.75) is 24.2 Å². The number of aromatic nitrogens is 3. The Hall–Kier alpha value is -2.38. The molecule has 0 amide bonds. The third-order valence-corrected chi connectivity index (χ3v) is 4.39. The van der Waals surface area contributed by atoms with E-state index in [1.54, 1.807) is 12.4 Å². The molecule has 0 radical (unpaired) electrons. The number of hydrogen-bond acceptors (Lipinski definition) is 5. The number of fused-ring (bicyclic) bond motifs is 1. The lowest BCUT2D eigenvalue weighted by Gasteiger charge is -2.14. The summed E-state index contributed by atoms with van der Waals surface area (Å²) < 4.78 is 0. The molecule has 6 nitrogen and oxygen atoms in total. The van der Waals surface area contributed by atoms with Crippen molar-refractivity contribution in [3.05, 3.63) is 54.0 Å². The Bertz CT molecular complexity index is 832. The molecule has 24 heavy (non-hydrogen) atoms. The molecule has 0 spiro atoms. The molecule has 0 bridgehead atoms. The topological polar surface area (TPSA) is 90.9 Å². The van der Waals surface area contributed by atoms with Gasteiger partial charge in [0.15, 0.2) is 5.16 Å². The average Bonchev–Trinajstić information content (AvgIpc) is 3.02. The maximum Gasteiger partial charge on any atom is 0.321 e. The molecule has 0 aliphatic heterocycles. The maximum absolute atomic E-state index is 11.6. The molecule has 0 unspecified atom stereocenters. The summed E-state index contributed by atoms with van der Waals surface area (Å²) >= 11 is 1.47. The highest BCUT2D eigenvalue weighted by atomic mass is 32.2. The molecule has 2 aromatic heterocycles. The van der Waals surface area contributed by atoms with E-state index in [1.165, 1.54) is 11.8 Å². The third kappa shape index (κ3) is 3.74. The Labute approximate surface area is 143 Å². The molecular formula is C17H18N4O2S. The van der Waals surface area contributed by atoms with Crippen LogP contribution in [0.15, 0.2) is 48.0 Å². The number of carboxylic acid groups (broad SMARTS) is 1. The number of aromatic amines is 1. The summed E-state index contributed by atoms with van der Waals surface area (Å²) in [6.07, 6.45) is 7.63. The van der Waals surface area contributed by atoms with Gasteiger partial charge in [0.25, 0.3) is 0 Å². The summed E-state index contributed by atoms with van der Waals surface area (Å²) in [4.78, 5) is 23.1. The maximum atomic E-state index is 11.6. The van der Waals surface area contributed by atoms with E-state index in [2.05, 4.69) is 20.3 Å². The standard InChI is InChI=1S/C17H18N4O2S/c1-24-17-20-8-11(9-21-17)7-18-15(16(22)23)6-12-10-19-14-5-3-2-4-13(12)14/h2-5,8-10,15,18-19H,6-7H2,1H3,(H,22,23)/t15-/m0/s1. The summed E-state index contributed by atoms with van der Waals surface area (Å²) in [5, 5.41) is 14.3. The predicted molar refractivity (Wildman–Crippen MR) is 94.1 cm³/mol. The van der Waals surface area contributed by atoms with Gasteiger partial charge in [0.05, 0.1) is 0 Å². The zero-order chi connectivity index (χ0) is 16.9. The summed E-state index contributed by atoms with van der Waals surface area (Å²) in [5.74, 6) is -0.873. The average molecular weight is 342 g/mol. The third-order valence-electron chi connectivity index (χ3n) is 3.81. The minimum Gasteiger partial charge on any atom is -0.480 e. The van der Waals surface area contributed by atoms with Crippen LogP contribution >= 0.6 is 11.8 Å². The number of nitrogens with zero attached hydrogens (tertiary/aromatic N) is 2. The van der Waals surface area contributed by atoms with E-state index in [0.717, 1.165) is 22.0 Å². The molecule has 2 heterocycles. The molecule has 3 aromatic rings. The van der Waals surface area contributed by atoms with E-state index in [4.69, 9.17) is 0 Å². The van der Waals surface area contributed by atoms with Crippen LogP contribution in [0, 0.1) is 0 Å². The minimum absolute atomic E-state index is 0.406. The van der Waals surface area contributed by atoms with Crippen LogP contribution in [0.5, 0.6) is 0 Å². The monoisotopic (exact) mass is 342 g/mol. The van der Waals surface area contributed by atoms with Crippen LogP contribution in [-0.4, -0.2) is 38.3 Å². The lowest BCUT2D eigenvalue weighted by atomic mass is 10.0. The fourth-order valence-electron chi connectivity index (χ4n) is 2.55. The predicted octanol–water partition coefficient (Wildman–Crippen LogP) is 2.47. The molecule has 0 aliphatic carbocycles. The van der Waals surface area contributed by atoms with Gasteiger partial charge in [0, 0.05) is 48.0 Å². The number of benzene rings is 1. The lowest BCUT2D eigenvalue weighted by molar-refractivity contribution is -0.139. The number of carboxylic acids is 1. The van der Waals surface area contributed by atoms with Crippen molar-refractivity contribution in [3.8, 4) is 0 Å². The molecule has 1 atom stereocenters. The van der Waals surface area contributed by atoms with Crippen molar-refractivity contribution >= 4 is 28.6 Å². The number of carbonyl (C=O) groups is 1. The van der Waals surface area contributed by atoms with E-state index < -0.39 is 12.0 Å². The number of hydrogen-bond donors (Lipinski definition) is 3. The first-order valence-corrected chi connectivity index (χ1v) is 8.76. The van der Waals surface area contributed by atoms with Crippen molar-refractivity contribution < 1.29 is 9.90 Å². The van der Waals surface area contributed by atoms with Crippen LogP contribution in [0.4, 0.5) is 0 Å². The number of nitrogens with one attached hydrogen (secondary N) is 2. The van der Waals surface area contributed by atoms with Gasteiger partial charge in [-0.05, 0) is 17.9 Å². The van der Waals surface area contributed by atoms with Gasteiger partial charge in [0.1, 0.15) is 6.04 Å². The molecule has 0 aliphatic rings. The van der Waals surface area contributed by atoms with E-state index in [-0.39, 0.29) is 0 Å². The van der Waals surface area contributed by atoms with Gasteiger partial charge in [-0.3, -0.25) is 10.1 Å². The molecule has 7 heteroatoms. The first-order chi connectivity index (χ1) is 11.7. The number of thioether (sulfide) groups is 1. The largest absolute Gasteiger partial charge is 0.480 e. The van der Waals surface area contributed by atoms with Crippen molar-refractivity contribution in [1.82, 2.24) is 20.3 Å². The summed E-state index contributed by atoms with van der Waals surface area (Å²) in [7, 11) is 0. The number of aliphatic carboxylic acids is 1. The molecule has 0 fully saturated rings. The molecule has 0 saturated heterocycles. The van der Waals surface area contributed by atoms with Crippen LogP contribution in [0.2, 0.25) is 0 Å². The van der Waals surface area contributed by atoms with Crippen LogP contribution < -0.4 is 5.32 Å². The Kier molecular flexibility index (Phi) is 5.12. The Balaban J connectivity index is 1.69. The van der Waals surface area contributed by atoms with Crippen molar-refractivity contribution in [2.75, 3.05) is 6.26 Å². The van der Waals surface area contributed by atoms with Crippen LogP contribution in [-0.2, 0) is 17.8 Å². The second-order valence-electron chi connectivity index (χ2n) is 5.41. The molecule has 3 N–H and O–H groups in total. The quantitative estimate of drug-likeness (QED) is 0.451. The number of H-pyrrole nitrogens is 1. The second kappa shape index (κ2) is 7.46. The van der Waals surface area contributed by atoms with E-state index >= 15 is 0 Å². The molecule has 3 rings (SSSR count). The van der Waals surface area contributed by atoms with Crippen LogP contribution in [0.1, 0.15) is 11.1 Å². The van der Waals surface area contributed by atoms with Gasteiger partial charge >= 0.3 is 5.97 Å². The Morgan fingerprint density at radius 1 is 1.33 bits per heavy atom. The van der Waals surface area contributed by atoms with Crippen molar-refractivity contribution in [2.24, 2.45) is 0 Å². The van der Waals surface area contributed by atoms with Crippen molar-refractivity contribution in [1.29, 1.82) is 0 Å². The fourth-order valence-corrected chi connectivity index (χ4v) is 2.86. The molecule has 0 saturated carbocycles. The summed E-state index contributed by atoms with van der Waals surface area (Å²) in [6, 6.07) is 7.20. The van der Waals surface area contributed by atoms with E-state index in [9.17, 15) is 9.90 Å². The van der Waals surface area contributed by atoms with Gasteiger partial charge in [-0.15, -0.1) is 0 Å². The number of para-hydroxylation sites is 1. The highest BCUT2D eigenvalue weighted by Gasteiger charge is 2.19. The highest BCUT2D eigenvalue weighted by Crippen LogP contribution is 2.19. The van der Waals surface area contributed by atoms with E-state index in [0.29, 0.717) is 18.1 Å². The van der Waals surface area contributed by atoms with Gasteiger partial charge in [-0.25, -0.2) is 9.97 Å². The fraction of sp³-hybridized carbons (Fsp3) is 0.235. The van der Waals surface area contributed by atoms with Crippen molar-refractivity contribution in [3.63, 3.8) is 0 Å². The van der Waals surface area contributed by atoms with Crippen LogP contribution in [0.3, 0.4) is 0 Å². The van der Waals surface area contributed by atoms with Gasteiger partial charge in [0.2, 0.25) is 0 Å². The Morgan fingerprint density at radius 2 is 2.08 bits per heavy atom. The minimum atomic E-state index is -0.873. The van der Waals surface area contributed by atoms with Crippen LogP contribution in [0.25, 0.3) is 10.9 Å². The zero-order valence-electron chi connectivity index (χ0n) is 13.2. The van der Waals surface area contributed by atoms with Gasteiger partial charge in [-0.1, -0.05) is 30.0 Å². The second-order valence-corrected chi connectivity index (χ2v) is 6.19. The summed E-state index contributed by atoms with van der Waals surface area (Å²) in [6.45, 7) is 0.411. The van der Waals surface area contributed by atoms with Gasteiger partial charge in [-0.2, -0.15) is 0 Å². The summed E-state index contributed by atoms with van der Waals surface area (Å²) in [5.41, 5.74) is 2.86. The van der Waals surface area contributed by atoms with Gasteiger partial charge < -0.3 is 10.1 Å². The first kappa shape index (κ1) is 16.5. The Morgan fingerprint density at radius 3 is 2.79 bits per heavy atom. The highest BCUT2D eigenvalue weighted by molar-refractivity contribution is 7.98. The molecule has 1 aromatic carbocycles. The first-order valence-electron chi connectivity index (χ1n) is 7.53. The SMILES string of the molecule is CSc1ncc(CN[C@@H](Cc2c[nH]c3ccccc23)C(=O)O)cn1. The molecule has 124 valence electrons. The lowest BCUT2D eigenvalue weighted by Crippen LogP contribution is -2.38. The molecular weight excluding hydrogens is 324 g/mol. The number of rotatable bonds is 7. The smallest absolute Gasteiger partial charge is 0.321 e. The zero-order valence-corrected chi connectivity index (χ0v) is 14.0.